The smallest absolute Gasteiger partial charge is 0.307 e. The highest BCUT2D eigenvalue weighted by atomic mass is 16.6. The van der Waals surface area contributed by atoms with E-state index in [1.165, 1.54) is 12.8 Å². The van der Waals surface area contributed by atoms with Gasteiger partial charge >= 0.3 is 5.97 Å². The highest BCUT2D eigenvalue weighted by Crippen LogP contribution is 2.33. The van der Waals surface area contributed by atoms with E-state index in [9.17, 15) is 4.79 Å². The molecule has 3 nitrogen and oxygen atoms in total. The Hall–Kier alpha value is -0.570. The lowest BCUT2D eigenvalue weighted by atomic mass is 10.1. The Morgan fingerprint density at radius 3 is 2.46 bits per heavy atom. The number of hydrogen-bond acceptors (Lipinski definition) is 3. The number of nitrogens with two attached hydrogens (primary N) is 1. The van der Waals surface area contributed by atoms with E-state index >= 15 is 0 Å². The van der Waals surface area contributed by atoms with Gasteiger partial charge in [-0.3, -0.25) is 4.79 Å². The highest BCUT2D eigenvalue weighted by Gasteiger charge is 2.31. The van der Waals surface area contributed by atoms with Crippen LogP contribution in [0.1, 0.15) is 40.0 Å². The van der Waals surface area contributed by atoms with Crippen LogP contribution in [0.25, 0.3) is 0 Å². The maximum Gasteiger partial charge on any atom is 0.307 e. The second kappa shape index (κ2) is 3.66. The quantitative estimate of drug-likeness (QED) is 0.677. The summed E-state index contributed by atoms with van der Waals surface area (Å²) in [6, 6.07) is 0.00912. The number of carbonyl (C=O) groups is 1. The second-order valence-corrected chi connectivity index (χ2v) is 4.79. The van der Waals surface area contributed by atoms with Gasteiger partial charge in [0.1, 0.15) is 5.60 Å². The Bertz CT molecular complexity index is 192. The van der Waals surface area contributed by atoms with Crippen LogP contribution >= 0.6 is 0 Å². The van der Waals surface area contributed by atoms with Gasteiger partial charge in [0.05, 0.1) is 6.42 Å². The summed E-state index contributed by atoms with van der Waals surface area (Å²) in [6.45, 7) is 5.61. The number of rotatable bonds is 3. The van der Waals surface area contributed by atoms with Crippen LogP contribution in [-0.2, 0) is 9.53 Å². The monoisotopic (exact) mass is 185 g/mol. The summed E-state index contributed by atoms with van der Waals surface area (Å²) in [5, 5.41) is 0. The van der Waals surface area contributed by atoms with Crippen molar-refractivity contribution in [2.45, 2.75) is 51.7 Å². The molecule has 1 fully saturated rings. The van der Waals surface area contributed by atoms with Gasteiger partial charge in [-0.1, -0.05) is 0 Å². The third-order valence-corrected chi connectivity index (χ3v) is 2.05. The topological polar surface area (TPSA) is 52.3 Å². The van der Waals surface area contributed by atoms with Crippen molar-refractivity contribution in [3.8, 4) is 0 Å². The van der Waals surface area contributed by atoms with E-state index in [0.29, 0.717) is 12.3 Å². The molecule has 1 rings (SSSR count). The van der Waals surface area contributed by atoms with Crippen molar-refractivity contribution in [2.24, 2.45) is 11.7 Å². The van der Waals surface area contributed by atoms with E-state index in [0.717, 1.165) is 0 Å². The first-order valence-electron chi connectivity index (χ1n) is 4.86. The van der Waals surface area contributed by atoms with Gasteiger partial charge in [0.25, 0.3) is 0 Å². The van der Waals surface area contributed by atoms with Crippen molar-refractivity contribution in [3.05, 3.63) is 0 Å². The molecule has 0 saturated heterocycles. The minimum Gasteiger partial charge on any atom is -0.460 e. The highest BCUT2D eigenvalue weighted by molar-refractivity contribution is 5.70. The Morgan fingerprint density at radius 1 is 1.54 bits per heavy atom. The fraction of sp³-hybridized carbons (Fsp3) is 0.900. The normalized spacial score (nSPS) is 19.7. The predicted octanol–water partition coefficient (Wildman–Crippen LogP) is 1.46. The maximum absolute atomic E-state index is 11.3. The van der Waals surface area contributed by atoms with Gasteiger partial charge in [-0.2, -0.15) is 0 Å². The molecule has 0 bridgehead atoms. The van der Waals surface area contributed by atoms with E-state index in [2.05, 4.69) is 0 Å². The van der Waals surface area contributed by atoms with Crippen molar-refractivity contribution in [1.82, 2.24) is 0 Å². The average Bonchev–Trinajstić information content (AvgIpc) is 2.60. The molecular weight excluding hydrogens is 166 g/mol. The SMILES string of the molecule is CC(C)(C)OC(=O)C[C@H](N)C1CC1. The zero-order valence-corrected chi connectivity index (χ0v) is 8.67. The third-order valence-electron chi connectivity index (χ3n) is 2.05. The lowest BCUT2D eigenvalue weighted by Crippen LogP contribution is -2.31. The zero-order chi connectivity index (χ0) is 10.1. The lowest BCUT2D eigenvalue weighted by molar-refractivity contribution is -0.155. The van der Waals surface area contributed by atoms with Crippen LogP contribution in [0.15, 0.2) is 0 Å². The second-order valence-electron chi connectivity index (χ2n) is 4.79. The molecule has 0 aliphatic heterocycles. The molecule has 0 aromatic heterocycles. The maximum atomic E-state index is 11.3. The summed E-state index contributed by atoms with van der Waals surface area (Å²) in [5.41, 5.74) is 5.41. The summed E-state index contributed by atoms with van der Waals surface area (Å²) < 4.78 is 5.17. The van der Waals surface area contributed by atoms with Crippen LogP contribution in [0, 0.1) is 5.92 Å². The summed E-state index contributed by atoms with van der Waals surface area (Å²) >= 11 is 0. The first kappa shape index (κ1) is 10.5. The van der Waals surface area contributed by atoms with Gasteiger partial charge in [-0.25, -0.2) is 0 Å². The predicted molar refractivity (Wildman–Crippen MR) is 51.2 cm³/mol. The standard InChI is InChI=1S/C10H19NO2/c1-10(2,3)13-9(12)6-8(11)7-4-5-7/h7-8H,4-6,11H2,1-3H3/t8-/m0/s1. The molecule has 1 atom stereocenters. The first-order valence-corrected chi connectivity index (χ1v) is 4.86. The fourth-order valence-corrected chi connectivity index (χ4v) is 1.27. The van der Waals surface area contributed by atoms with Crippen LogP contribution in [0.3, 0.4) is 0 Å². The summed E-state index contributed by atoms with van der Waals surface area (Å²) in [5.74, 6) is 0.388. The summed E-state index contributed by atoms with van der Waals surface area (Å²) in [6.07, 6.45) is 2.70. The number of hydrogen-bond donors (Lipinski definition) is 1. The Labute approximate surface area is 79.6 Å². The van der Waals surface area contributed by atoms with E-state index in [1.807, 2.05) is 20.8 Å². The number of carbonyl (C=O) groups excluding carboxylic acids is 1. The summed E-state index contributed by atoms with van der Waals surface area (Å²) in [7, 11) is 0. The van der Waals surface area contributed by atoms with Gasteiger partial charge < -0.3 is 10.5 Å². The first-order chi connectivity index (χ1) is 5.88. The minimum absolute atomic E-state index is 0.00912. The van der Waals surface area contributed by atoms with Gasteiger partial charge in [0.15, 0.2) is 0 Å². The third kappa shape index (κ3) is 4.27. The van der Waals surface area contributed by atoms with Crippen molar-refractivity contribution in [3.63, 3.8) is 0 Å². The molecule has 76 valence electrons. The number of ether oxygens (including phenoxy) is 1. The van der Waals surface area contributed by atoms with E-state index in [4.69, 9.17) is 10.5 Å². The lowest BCUT2D eigenvalue weighted by Gasteiger charge is -2.20. The zero-order valence-electron chi connectivity index (χ0n) is 8.67. The van der Waals surface area contributed by atoms with Crippen LogP contribution < -0.4 is 5.73 Å². The van der Waals surface area contributed by atoms with E-state index in [-0.39, 0.29) is 17.6 Å². The fourth-order valence-electron chi connectivity index (χ4n) is 1.27. The van der Waals surface area contributed by atoms with Crippen molar-refractivity contribution in [1.29, 1.82) is 0 Å². The number of esters is 1. The van der Waals surface area contributed by atoms with Gasteiger partial charge in [0, 0.05) is 6.04 Å². The molecule has 3 heteroatoms. The van der Waals surface area contributed by atoms with Crippen LogP contribution in [-0.4, -0.2) is 17.6 Å². The van der Waals surface area contributed by atoms with Gasteiger partial charge in [-0.05, 0) is 39.5 Å². The molecule has 0 amide bonds. The Balaban J connectivity index is 2.24. The largest absolute Gasteiger partial charge is 0.460 e. The van der Waals surface area contributed by atoms with Crippen LogP contribution in [0.4, 0.5) is 0 Å². The van der Waals surface area contributed by atoms with Crippen molar-refractivity contribution < 1.29 is 9.53 Å². The molecule has 0 aromatic carbocycles. The summed E-state index contributed by atoms with van der Waals surface area (Å²) in [4.78, 5) is 11.3. The average molecular weight is 185 g/mol. The molecule has 1 saturated carbocycles. The molecular formula is C10H19NO2. The molecule has 0 radical (unpaired) electrons. The van der Waals surface area contributed by atoms with Crippen molar-refractivity contribution >= 4 is 5.97 Å². The molecule has 0 heterocycles. The Morgan fingerprint density at radius 2 is 2.08 bits per heavy atom. The molecule has 2 N–H and O–H groups in total. The molecule has 1 aliphatic rings. The van der Waals surface area contributed by atoms with Crippen LogP contribution in [0.2, 0.25) is 0 Å². The molecule has 0 spiro atoms. The molecule has 1 aliphatic carbocycles. The Kier molecular flexibility index (Phi) is 2.96. The molecule has 0 unspecified atom stereocenters. The molecule has 13 heavy (non-hydrogen) atoms. The van der Waals surface area contributed by atoms with E-state index < -0.39 is 0 Å². The van der Waals surface area contributed by atoms with Crippen molar-refractivity contribution in [2.75, 3.05) is 0 Å². The van der Waals surface area contributed by atoms with Gasteiger partial charge in [0.2, 0.25) is 0 Å². The minimum atomic E-state index is -0.389. The molecule has 0 aromatic rings. The van der Waals surface area contributed by atoms with Crippen LogP contribution in [0.5, 0.6) is 0 Å². The van der Waals surface area contributed by atoms with E-state index in [1.54, 1.807) is 0 Å². The van der Waals surface area contributed by atoms with Gasteiger partial charge in [-0.15, -0.1) is 0 Å².